The molecule has 10 nitrogen and oxygen atoms in total. The highest BCUT2D eigenvalue weighted by Crippen LogP contribution is 2.40. The number of nitro groups is 1. The van der Waals surface area contributed by atoms with Crippen molar-refractivity contribution < 1.29 is 24.0 Å². The van der Waals surface area contributed by atoms with Gasteiger partial charge in [0.1, 0.15) is 6.61 Å². The summed E-state index contributed by atoms with van der Waals surface area (Å²) in [6, 6.07) is 16.1. The number of piperazine rings is 1. The van der Waals surface area contributed by atoms with Crippen molar-refractivity contribution in [1.82, 2.24) is 15.1 Å². The van der Waals surface area contributed by atoms with E-state index in [2.05, 4.69) is 27.0 Å². The molecule has 0 amide bonds. The molecule has 1 saturated heterocycles. The number of nitro benzene ring substituents is 1. The van der Waals surface area contributed by atoms with Crippen molar-refractivity contribution in [3.63, 3.8) is 0 Å². The summed E-state index contributed by atoms with van der Waals surface area (Å²) in [6.45, 7) is 8.60. The Morgan fingerprint density at radius 3 is 2.49 bits per heavy atom. The topological polar surface area (TPSA) is 114 Å². The number of nitrogens with zero attached hydrogens (tertiary/aromatic N) is 3. The van der Waals surface area contributed by atoms with Gasteiger partial charge in [0.15, 0.2) is 0 Å². The van der Waals surface area contributed by atoms with E-state index in [0.29, 0.717) is 23.4 Å². The molecule has 2 aromatic carbocycles. The highest BCUT2D eigenvalue weighted by Gasteiger charge is 2.46. The molecule has 1 N–H and O–H groups in total. The van der Waals surface area contributed by atoms with Crippen LogP contribution in [0.15, 0.2) is 65.9 Å². The minimum atomic E-state index is -1.02. The van der Waals surface area contributed by atoms with E-state index in [1.165, 1.54) is 19.2 Å². The number of rotatable bonds is 8. The second-order valence-corrected chi connectivity index (χ2v) is 10.4. The van der Waals surface area contributed by atoms with Crippen molar-refractivity contribution in [2.75, 3.05) is 53.0 Å². The quantitative estimate of drug-likeness (QED) is 0.225. The van der Waals surface area contributed by atoms with Gasteiger partial charge in [-0.1, -0.05) is 42.2 Å². The van der Waals surface area contributed by atoms with Gasteiger partial charge in [-0.2, -0.15) is 0 Å². The lowest BCUT2D eigenvalue weighted by atomic mass is 9.73. The zero-order chi connectivity index (χ0) is 29.4. The second kappa shape index (κ2) is 13.4. The minimum Gasteiger partial charge on any atom is -0.469 e. The molecule has 41 heavy (non-hydrogen) atoms. The molecule has 2 aromatic rings. The Balaban J connectivity index is 1.32. The Bertz CT molecular complexity index is 1360. The fourth-order valence-electron chi connectivity index (χ4n) is 5.33. The number of hydrogen-bond donors (Lipinski definition) is 1. The molecule has 2 atom stereocenters. The average Bonchev–Trinajstić information content (AvgIpc) is 2.98. The van der Waals surface area contributed by atoms with Crippen LogP contribution in [0.5, 0.6) is 0 Å². The first-order valence-corrected chi connectivity index (χ1v) is 13.7. The number of esters is 2. The summed E-state index contributed by atoms with van der Waals surface area (Å²) in [5.74, 6) is 4.63. The van der Waals surface area contributed by atoms with Crippen LogP contribution in [-0.2, 0) is 24.6 Å². The molecule has 2 unspecified atom stereocenters. The van der Waals surface area contributed by atoms with Crippen molar-refractivity contribution in [3.05, 3.63) is 87.1 Å². The van der Waals surface area contributed by atoms with Gasteiger partial charge in [0, 0.05) is 56.1 Å². The van der Waals surface area contributed by atoms with E-state index in [1.807, 2.05) is 30.3 Å². The van der Waals surface area contributed by atoms with Gasteiger partial charge in [0.25, 0.3) is 5.69 Å². The lowest BCUT2D eigenvalue weighted by Crippen LogP contribution is -2.52. The van der Waals surface area contributed by atoms with E-state index in [9.17, 15) is 19.7 Å². The highest BCUT2D eigenvalue weighted by molar-refractivity contribution is 5.91. The standard InChI is InChI=1S/C31H36N4O6/c1-23-27(22-28(30(37)40-3)31(2,32-23)25-12-7-13-26(21-25)35(38)39)29(36)41-20-19-34-17-15-33(16-18-34)14-8-11-24-9-5-4-6-10-24/h4-7,9-10,12-13,21,28,32H,14-20,22H2,1-3H3. The number of carbonyl (C=O) groups is 2. The van der Waals surface area contributed by atoms with Gasteiger partial charge in [-0.25, -0.2) is 4.79 Å². The van der Waals surface area contributed by atoms with Crippen molar-refractivity contribution in [1.29, 1.82) is 0 Å². The smallest absolute Gasteiger partial charge is 0.335 e. The molecule has 0 spiro atoms. The first-order chi connectivity index (χ1) is 19.7. The summed E-state index contributed by atoms with van der Waals surface area (Å²) in [6.07, 6.45) is 0.0895. The van der Waals surface area contributed by atoms with Gasteiger partial charge in [0.2, 0.25) is 0 Å². The molecule has 216 valence electrons. The zero-order valence-electron chi connectivity index (χ0n) is 23.7. The maximum Gasteiger partial charge on any atom is 0.335 e. The average molecular weight is 561 g/mol. The molecule has 0 radical (unpaired) electrons. The fourth-order valence-corrected chi connectivity index (χ4v) is 5.33. The lowest BCUT2D eigenvalue weighted by Gasteiger charge is -2.42. The number of methoxy groups -OCH3 is 1. The largest absolute Gasteiger partial charge is 0.469 e. The van der Waals surface area contributed by atoms with E-state index in [-0.39, 0.29) is 18.7 Å². The van der Waals surface area contributed by atoms with Crippen LogP contribution in [0.3, 0.4) is 0 Å². The molecule has 2 aliphatic heterocycles. The van der Waals surface area contributed by atoms with Crippen molar-refractivity contribution in [2.24, 2.45) is 5.92 Å². The van der Waals surface area contributed by atoms with E-state index in [1.54, 1.807) is 26.0 Å². The van der Waals surface area contributed by atoms with Gasteiger partial charge in [0.05, 0.1) is 35.6 Å². The predicted octanol–water partition coefficient (Wildman–Crippen LogP) is 3.08. The highest BCUT2D eigenvalue weighted by atomic mass is 16.6. The van der Waals surface area contributed by atoms with Crippen LogP contribution in [-0.4, -0.2) is 79.6 Å². The van der Waals surface area contributed by atoms with Crippen LogP contribution in [0.2, 0.25) is 0 Å². The van der Waals surface area contributed by atoms with E-state index in [4.69, 9.17) is 9.47 Å². The summed E-state index contributed by atoms with van der Waals surface area (Å²) >= 11 is 0. The molecule has 0 aromatic heterocycles. The molecule has 2 heterocycles. The van der Waals surface area contributed by atoms with Crippen molar-refractivity contribution in [3.8, 4) is 11.8 Å². The zero-order valence-corrected chi connectivity index (χ0v) is 23.7. The molecular weight excluding hydrogens is 524 g/mol. The number of non-ortho nitro benzene ring substituents is 1. The van der Waals surface area contributed by atoms with Crippen LogP contribution in [0.1, 0.15) is 31.4 Å². The van der Waals surface area contributed by atoms with Crippen LogP contribution < -0.4 is 5.32 Å². The molecule has 1 fully saturated rings. The van der Waals surface area contributed by atoms with Crippen LogP contribution in [0.25, 0.3) is 0 Å². The first-order valence-electron chi connectivity index (χ1n) is 13.7. The van der Waals surface area contributed by atoms with Gasteiger partial charge < -0.3 is 14.8 Å². The van der Waals surface area contributed by atoms with Crippen LogP contribution >= 0.6 is 0 Å². The van der Waals surface area contributed by atoms with Crippen molar-refractivity contribution in [2.45, 2.75) is 25.8 Å². The predicted molar refractivity (Wildman–Crippen MR) is 154 cm³/mol. The summed E-state index contributed by atoms with van der Waals surface area (Å²) in [7, 11) is 1.29. The Hall–Kier alpha value is -4.20. The van der Waals surface area contributed by atoms with Crippen molar-refractivity contribution >= 4 is 17.6 Å². The normalized spacial score (nSPS) is 21.3. The number of allylic oxidation sites excluding steroid dienone is 1. The van der Waals surface area contributed by atoms with Gasteiger partial charge in [-0.3, -0.25) is 24.7 Å². The Labute approximate surface area is 240 Å². The number of benzene rings is 2. The molecule has 0 aliphatic carbocycles. The van der Waals surface area contributed by atoms with Crippen LogP contribution in [0.4, 0.5) is 5.69 Å². The maximum absolute atomic E-state index is 13.1. The number of ether oxygens (including phenoxy) is 2. The summed E-state index contributed by atoms with van der Waals surface area (Å²) in [5, 5.41) is 14.6. The maximum atomic E-state index is 13.1. The third-order valence-corrected chi connectivity index (χ3v) is 7.81. The fraction of sp³-hybridized carbons (Fsp3) is 0.419. The lowest BCUT2D eigenvalue weighted by molar-refractivity contribution is -0.385. The Kier molecular flexibility index (Phi) is 9.76. The monoisotopic (exact) mass is 560 g/mol. The number of carbonyl (C=O) groups excluding carboxylic acids is 2. The molecule has 4 rings (SSSR count). The number of nitrogens with one attached hydrogen (secondary N) is 1. The molecule has 10 heteroatoms. The van der Waals surface area contributed by atoms with Gasteiger partial charge >= 0.3 is 11.9 Å². The molecule has 2 aliphatic rings. The third kappa shape index (κ3) is 7.31. The second-order valence-electron chi connectivity index (χ2n) is 10.4. The Morgan fingerprint density at radius 2 is 1.80 bits per heavy atom. The van der Waals surface area contributed by atoms with Gasteiger partial charge in [-0.05, 0) is 38.0 Å². The summed E-state index contributed by atoms with van der Waals surface area (Å²) < 4.78 is 10.7. The minimum absolute atomic E-state index is 0.0815. The summed E-state index contributed by atoms with van der Waals surface area (Å²) in [5.41, 5.74) is 1.40. The number of hydrogen-bond acceptors (Lipinski definition) is 9. The van der Waals surface area contributed by atoms with E-state index >= 15 is 0 Å². The van der Waals surface area contributed by atoms with E-state index in [0.717, 1.165) is 38.3 Å². The molecule has 0 saturated carbocycles. The third-order valence-electron chi connectivity index (χ3n) is 7.81. The van der Waals surface area contributed by atoms with Crippen LogP contribution in [0, 0.1) is 27.9 Å². The summed E-state index contributed by atoms with van der Waals surface area (Å²) in [4.78, 5) is 41.4. The first kappa shape index (κ1) is 29.8. The van der Waals surface area contributed by atoms with E-state index < -0.39 is 28.3 Å². The molecule has 0 bridgehead atoms. The molecular formula is C31H36N4O6. The van der Waals surface area contributed by atoms with Gasteiger partial charge in [-0.15, -0.1) is 0 Å². The Morgan fingerprint density at radius 1 is 1.10 bits per heavy atom. The SMILES string of the molecule is COC(=O)C1CC(C(=O)OCCN2CCN(CC#Cc3ccccc3)CC2)=C(C)NC1(C)c1cccc([N+](=O)[O-])c1.